The van der Waals surface area contributed by atoms with Crippen molar-refractivity contribution in [3.8, 4) is 5.75 Å². The summed E-state index contributed by atoms with van der Waals surface area (Å²) in [6, 6.07) is 13.3. The zero-order chi connectivity index (χ0) is 16.4. The van der Waals surface area contributed by atoms with E-state index in [9.17, 15) is 4.79 Å². The Labute approximate surface area is 147 Å². The van der Waals surface area contributed by atoms with Gasteiger partial charge in [-0.2, -0.15) is 0 Å². The van der Waals surface area contributed by atoms with E-state index in [0.717, 1.165) is 26.4 Å². The lowest BCUT2D eigenvalue weighted by Crippen LogP contribution is -2.10. The highest BCUT2D eigenvalue weighted by molar-refractivity contribution is 7.98. The van der Waals surface area contributed by atoms with Crippen LogP contribution in [-0.2, 0) is 0 Å². The number of methoxy groups -OCH3 is 1. The minimum absolute atomic E-state index is 0.201. The number of hydrogen-bond acceptors (Lipinski definition) is 4. The maximum atomic E-state index is 12.5. The van der Waals surface area contributed by atoms with Crippen LogP contribution in [0.5, 0.6) is 5.75 Å². The number of carbonyl (C=O) groups is 1. The van der Waals surface area contributed by atoms with Gasteiger partial charge in [0, 0.05) is 20.7 Å². The topological polar surface area (TPSA) is 38.3 Å². The largest absolute Gasteiger partial charge is 0.497 e. The van der Waals surface area contributed by atoms with E-state index in [1.54, 1.807) is 18.9 Å². The van der Waals surface area contributed by atoms with Gasteiger partial charge >= 0.3 is 0 Å². The molecule has 0 saturated carbocycles. The van der Waals surface area contributed by atoms with Crippen LogP contribution < -0.4 is 10.1 Å². The quantitative estimate of drug-likeness (QED) is 0.618. The van der Waals surface area contributed by atoms with Crippen LogP contribution in [0.25, 0.3) is 10.1 Å². The molecule has 0 fully saturated rings. The third-order valence-electron chi connectivity index (χ3n) is 3.37. The van der Waals surface area contributed by atoms with Crippen molar-refractivity contribution in [2.75, 3.05) is 18.7 Å². The van der Waals surface area contributed by atoms with Crippen LogP contribution in [0.2, 0.25) is 5.02 Å². The first-order valence-corrected chi connectivity index (χ1v) is 9.25. The monoisotopic (exact) mass is 363 g/mol. The number of carbonyl (C=O) groups excluding carboxylic acids is 1. The first kappa shape index (κ1) is 16.2. The van der Waals surface area contributed by atoms with E-state index < -0.39 is 0 Å². The smallest absolute Gasteiger partial charge is 0.267 e. The molecule has 0 aliphatic heterocycles. The van der Waals surface area contributed by atoms with Crippen molar-refractivity contribution in [3.63, 3.8) is 0 Å². The minimum atomic E-state index is -0.201. The normalized spacial score (nSPS) is 10.7. The Hall–Kier alpha value is -1.69. The molecule has 0 bridgehead atoms. The second kappa shape index (κ2) is 6.83. The summed E-state index contributed by atoms with van der Waals surface area (Å²) in [6.07, 6.45) is 2.00. The molecule has 118 valence electrons. The summed E-state index contributed by atoms with van der Waals surface area (Å²) in [6.45, 7) is 0. The molecular weight excluding hydrogens is 350 g/mol. The van der Waals surface area contributed by atoms with Crippen LogP contribution in [-0.4, -0.2) is 19.3 Å². The Kier molecular flexibility index (Phi) is 4.80. The molecule has 0 atom stereocenters. The number of halogens is 1. The molecule has 6 heteroatoms. The van der Waals surface area contributed by atoms with E-state index in [1.807, 2.05) is 48.7 Å². The molecule has 0 spiro atoms. The molecule has 3 rings (SSSR count). The van der Waals surface area contributed by atoms with Gasteiger partial charge in [0.1, 0.15) is 10.6 Å². The van der Waals surface area contributed by atoms with Crippen LogP contribution in [0.4, 0.5) is 5.69 Å². The van der Waals surface area contributed by atoms with Gasteiger partial charge in [-0.15, -0.1) is 23.1 Å². The average molecular weight is 364 g/mol. The zero-order valence-corrected chi connectivity index (χ0v) is 14.9. The molecule has 1 aromatic heterocycles. The molecule has 1 amide bonds. The summed E-state index contributed by atoms with van der Waals surface area (Å²) in [4.78, 5) is 14.1. The minimum Gasteiger partial charge on any atom is -0.497 e. The van der Waals surface area contributed by atoms with Crippen LogP contribution >= 0.6 is 34.7 Å². The Bertz CT molecular complexity index is 876. The molecule has 3 nitrogen and oxygen atoms in total. The Balaban J connectivity index is 1.92. The molecule has 23 heavy (non-hydrogen) atoms. The predicted molar refractivity (Wildman–Crippen MR) is 99.6 cm³/mol. The average Bonchev–Trinajstić information content (AvgIpc) is 2.91. The van der Waals surface area contributed by atoms with Gasteiger partial charge in [-0.05, 0) is 42.7 Å². The van der Waals surface area contributed by atoms with Gasteiger partial charge in [-0.1, -0.05) is 17.7 Å². The maximum Gasteiger partial charge on any atom is 0.267 e. The van der Waals surface area contributed by atoms with E-state index >= 15 is 0 Å². The van der Waals surface area contributed by atoms with Crippen LogP contribution in [0.3, 0.4) is 0 Å². The van der Waals surface area contributed by atoms with Gasteiger partial charge in [-0.3, -0.25) is 4.79 Å². The summed E-state index contributed by atoms with van der Waals surface area (Å²) >= 11 is 9.40. The Morgan fingerprint density at radius 2 is 2.09 bits per heavy atom. The third kappa shape index (κ3) is 3.32. The fraction of sp³-hybridized carbons (Fsp3) is 0.118. The highest BCUT2D eigenvalue weighted by Crippen LogP contribution is 2.37. The Morgan fingerprint density at radius 3 is 2.83 bits per heavy atom. The second-order valence-corrected chi connectivity index (χ2v) is 7.10. The number of benzene rings is 2. The lowest BCUT2D eigenvalue weighted by Gasteiger charge is -2.05. The number of thiophene rings is 1. The van der Waals surface area contributed by atoms with Crippen molar-refractivity contribution < 1.29 is 9.53 Å². The van der Waals surface area contributed by atoms with Crippen molar-refractivity contribution in [1.82, 2.24) is 0 Å². The number of hydrogen-bond donors (Lipinski definition) is 1. The van der Waals surface area contributed by atoms with E-state index in [1.165, 1.54) is 11.3 Å². The second-order valence-electron chi connectivity index (χ2n) is 4.79. The van der Waals surface area contributed by atoms with Crippen LogP contribution in [0.1, 0.15) is 9.67 Å². The van der Waals surface area contributed by atoms with Gasteiger partial charge in [0.15, 0.2) is 0 Å². The van der Waals surface area contributed by atoms with Crippen molar-refractivity contribution in [2.24, 2.45) is 0 Å². The summed E-state index contributed by atoms with van der Waals surface area (Å²) in [7, 11) is 1.60. The summed E-state index contributed by atoms with van der Waals surface area (Å²) in [5, 5.41) is 4.20. The Morgan fingerprint density at radius 1 is 1.26 bits per heavy atom. The molecule has 0 aliphatic rings. The van der Waals surface area contributed by atoms with Crippen LogP contribution in [0, 0.1) is 0 Å². The molecule has 2 aromatic carbocycles. The highest BCUT2D eigenvalue weighted by atomic mass is 35.5. The SMILES string of the molecule is COc1ccc2sc(C(=O)Nc3cccc(SC)c3)c(Cl)c2c1. The fourth-order valence-electron chi connectivity index (χ4n) is 2.21. The predicted octanol–water partition coefficient (Wildman–Crippen LogP) is 5.54. The van der Waals surface area contributed by atoms with E-state index in [0.29, 0.717) is 9.90 Å². The van der Waals surface area contributed by atoms with Gasteiger partial charge in [0.05, 0.1) is 12.1 Å². The third-order valence-corrected chi connectivity index (χ3v) is 5.77. The summed E-state index contributed by atoms with van der Waals surface area (Å²) < 4.78 is 6.17. The maximum absolute atomic E-state index is 12.5. The molecule has 1 N–H and O–H groups in total. The fourth-order valence-corrected chi connectivity index (χ4v) is 4.05. The first-order valence-electron chi connectivity index (χ1n) is 6.84. The molecule has 0 radical (unpaired) electrons. The molecule has 3 aromatic rings. The van der Waals surface area contributed by atoms with Gasteiger partial charge < -0.3 is 10.1 Å². The number of nitrogens with one attached hydrogen (secondary N) is 1. The lowest BCUT2D eigenvalue weighted by atomic mass is 10.2. The van der Waals surface area contributed by atoms with Crippen LogP contribution in [0.15, 0.2) is 47.4 Å². The number of amides is 1. The molecule has 0 unspecified atom stereocenters. The number of anilines is 1. The van der Waals surface area contributed by atoms with Crippen molar-refractivity contribution >= 4 is 56.4 Å². The number of ether oxygens (including phenoxy) is 1. The molecular formula is C17H14ClNO2S2. The zero-order valence-electron chi connectivity index (χ0n) is 12.6. The molecule has 0 aliphatic carbocycles. The molecule has 1 heterocycles. The van der Waals surface area contributed by atoms with Gasteiger partial charge in [0.25, 0.3) is 5.91 Å². The van der Waals surface area contributed by atoms with Crippen molar-refractivity contribution in [3.05, 3.63) is 52.4 Å². The highest BCUT2D eigenvalue weighted by Gasteiger charge is 2.18. The first-order chi connectivity index (χ1) is 11.1. The molecule has 0 saturated heterocycles. The van der Waals surface area contributed by atoms with Gasteiger partial charge in [0.2, 0.25) is 0 Å². The van der Waals surface area contributed by atoms with E-state index in [2.05, 4.69) is 5.32 Å². The van der Waals surface area contributed by atoms with E-state index in [4.69, 9.17) is 16.3 Å². The van der Waals surface area contributed by atoms with Crippen molar-refractivity contribution in [2.45, 2.75) is 4.90 Å². The van der Waals surface area contributed by atoms with Gasteiger partial charge in [-0.25, -0.2) is 0 Å². The standard InChI is InChI=1S/C17H14ClNO2S2/c1-21-11-6-7-14-13(9-11)15(18)16(23-14)17(20)19-10-4-3-5-12(8-10)22-2/h3-9H,1-2H3,(H,19,20). The summed E-state index contributed by atoms with van der Waals surface area (Å²) in [5.41, 5.74) is 0.757. The summed E-state index contributed by atoms with van der Waals surface area (Å²) in [5.74, 6) is 0.519. The number of fused-ring (bicyclic) bond motifs is 1. The van der Waals surface area contributed by atoms with E-state index in [-0.39, 0.29) is 5.91 Å². The number of rotatable bonds is 4. The lowest BCUT2D eigenvalue weighted by molar-refractivity contribution is 0.103. The number of thioether (sulfide) groups is 1. The van der Waals surface area contributed by atoms with Crippen molar-refractivity contribution in [1.29, 1.82) is 0 Å².